The molecule has 1 aliphatic carbocycles. The Balaban J connectivity index is 2.08. The molecule has 4 nitrogen and oxygen atoms in total. The number of fused-ring (bicyclic) bond motifs is 1. The normalized spacial score (nSPS) is 19.7. The molecule has 1 aromatic carbocycles. The molecular weight excluding hydrogens is 214 g/mol. The first kappa shape index (κ1) is 9.99. The summed E-state index contributed by atoms with van der Waals surface area (Å²) in [4.78, 5) is 18.9. The molecule has 1 aromatic heterocycles. The number of nitrogens with two attached hydrogens (primary N) is 1. The Morgan fingerprint density at radius 1 is 1.24 bits per heavy atom. The Labute approximate surface area is 97.8 Å². The van der Waals surface area contributed by atoms with E-state index < -0.39 is 6.04 Å². The van der Waals surface area contributed by atoms with E-state index in [0.717, 1.165) is 22.4 Å². The monoisotopic (exact) mass is 225 g/mol. The van der Waals surface area contributed by atoms with E-state index in [-0.39, 0.29) is 5.78 Å². The van der Waals surface area contributed by atoms with E-state index in [1.165, 1.54) is 6.08 Å². The number of para-hydroxylation sites is 2. The number of benzene rings is 1. The summed E-state index contributed by atoms with van der Waals surface area (Å²) in [6.45, 7) is 0. The van der Waals surface area contributed by atoms with Crippen molar-refractivity contribution in [3.8, 4) is 0 Å². The van der Waals surface area contributed by atoms with E-state index >= 15 is 0 Å². The van der Waals surface area contributed by atoms with Gasteiger partial charge in [0.2, 0.25) is 0 Å². The van der Waals surface area contributed by atoms with E-state index in [9.17, 15) is 4.79 Å². The van der Waals surface area contributed by atoms with Crippen LogP contribution in [0.5, 0.6) is 0 Å². The van der Waals surface area contributed by atoms with Gasteiger partial charge >= 0.3 is 0 Å². The average molecular weight is 225 g/mol. The van der Waals surface area contributed by atoms with Crippen molar-refractivity contribution < 1.29 is 4.79 Å². The third-order valence-electron chi connectivity index (χ3n) is 2.78. The number of ketones is 1. The third kappa shape index (κ3) is 1.68. The summed E-state index contributed by atoms with van der Waals surface area (Å²) < 4.78 is 0. The van der Waals surface area contributed by atoms with Crippen molar-refractivity contribution in [2.45, 2.75) is 6.04 Å². The van der Waals surface area contributed by atoms with E-state index in [2.05, 4.69) is 9.97 Å². The first-order valence-corrected chi connectivity index (χ1v) is 5.38. The van der Waals surface area contributed by atoms with E-state index in [1.54, 1.807) is 12.2 Å². The highest BCUT2D eigenvalue weighted by molar-refractivity contribution is 6.01. The fourth-order valence-electron chi connectivity index (χ4n) is 1.86. The van der Waals surface area contributed by atoms with Crippen molar-refractivity contribution in [1.82, 2.24) is 9.97 Å². The van der Waals surface area contributed by atoms with Crippen molar-refractivity contribution in [3.63, 3.8) is 0 Å². The fourth-order valence-corrected chi connectivity index (χ4v) is 1.86. The minimum atomic E-state index is -0.566. The van der Waals surface area contributed by atoms with Crippen molar-refractivity contribution in [1.29, 1.82) is 0 Å². The van der Waals surface area contributed by atoms with Gasteiger partial charge in [-0.25, -0.2) is 4.98 Å². The van der Waals surface area contributed by atoms with Gasteiger partial charge in [-0.15, -0.1) is 0 Å². The van der Waals surface area contributed by atoms with Gasteiger partial charge in [0.25, 0.3) is 0 Å². The number of rotatable bonds is 1. The first-order chi connectivity index (χ1) is 8.24. The lowest BCUT2D eigenvalue weighted by molar-refractivity contribution is -0.114. The van der Waals surface area contributed by atoms with Gasteiger partial charge in [-0.05, 0) is 30.4 Å². The zero-order chi connectivity index (χ0) is 11.8. The Hall–Kier alpha value is -2.20. The summed E-state index contributed by atoms with van der Waals surface area (Å²) in [5, 5.41) is 0. The van der Waals surface area contributed by atoms with Crippen LogP contribution in [-0.2, 0) is 4.79 Å². The van der Waals surface area contributed by atoms with Gasteiger partial charge in [-0.1, -0.05) is 12.1 Å². The number of allylic oxidation sites excluding steroid dienone is 2. The maximum atomic E-state index is 11.3. The zero-order valence-electron chi connectivity index (χ0n) is 9.05. The minimum absolute atomic E-state index is 0.0788. The molecule has 1 aliphatic rings. The molecule has 0 bridgehead atoms. The number of nitrogens with zero attached hydrogens (tertiary/aromatic N) is 1. The van der Waals surface area contributed by atoms with Gasteiger partial charge in [0.05, 0.1) is 17.1 Å². The Morgan fingerprint density at radius 2 is 2.06 bits per heavy atom. The molecule has 1 heterocycles. The van der Waals surface area contributed by atoms with Crippen LogP contribution in [0.2, 0.25) is 0 Å². The Morgan fingerprint density at radius 3 is 2.82 bits per heavy atom. The lowest BCUT2D eigenvalue weighted by Gasteiger charge is -2.09. The highest BCUT2D eigenvalue weighted by atomic mass is 16.1. The topological polar surface area (TPSA) is 71.8 Å². The molecule has 1 unspecified atom stereocenters. The predicted octanol–water partition coefficient (Wildman–Crippen LogP) is 1.41. The SMILES string of the molecule is NC1C=C(c2nc3ccccc3[nH]2)C=CC1=O. The number of aromatic amines is 1. The van der Waals surface area contributed by atoms with Gasteiger partial charge in [-0.2, -0.15) is 0 Å². The highest BCUT2D eigenvalue weighted by Gasteiger charge is 2.15. The summed E-state index contributed by atoms with van der Waals surface area (Å²) in [6.07, 6.45) is 4.96. The van der Waals surface area contributed by atoms with Crippen molar-refractivity contribution in [3.05, 3.63) is 48.3 Å². The minimum Gasteiger partial charge on any atom is -0.338 e. The molecule has 0 spiro atoms. The maximum absolute atomic E-state index is 11.3. The van der Waals surface area contributed by atoms with Crippen molar-refractivity contribution in [2.24, 2.45) is 5.73 Å². The lowest BCUT2D eigenvalue weighted by Crippen LogP contribution is -2.28. The molecule has 0 saturated heterocycles. The second-order valence-electron chi connectivity index (χ2n) is 3.99. The second-order valence-corrected chi connectivity index (χ2v) is 3.99. The van der Waals surface area contributed by atoms with Crippen LogP contribution in [0, 0.1) is 0 Å². The molecule has 84 valence electrons. The molecule has 3 rings (SSSR count). The molecule has 2 aromatic rings. The van der Waals surface area contributed by atoms with Gasteiger partial charge in [0.1, 0.15) is 5.82 Å². The summed E-state index contributed by atoms with van der Waals surface area (Å²) >= 11 is 0. The molecule has 0 saturated carbocycles. The largest absolute Gasteiger partial charge is 0.338 e. The number of nitrogens with one attached hydrogen (secondary N) is 1. The van der Waals surface area contributed by atoms with E-state index in [0.29, 0.717) is 0 Å². The van der Waals surface area contributed by atoms with Crippen LogP contribution >= 0.6 is 0 Å². The quantitative estimate of drug-likeness (QED) is 0.770. The summed E-state index contributed by atoms with van der Waals surface area (Å²) in [5.41, 5.74) is 8.42. The molecule has 3 N–H and O–H groups in total. The predicted molar refractivity (Wildman–Crippen MR) is 66.2 cm³/mol. The molecule has 0 amide bonds. The van der Waals surface area contributed by atoms with Gasteiger partial charge in [0.15, 0.2) is 5.78 Å². The lowest BCUT2D eigenvalue weighted by atomic mass is 10.0. The van der Waals surface area contributed by atoms with Crippen molar-refractivity contribution in [2.75, 3.05) is 0 Å². The first-order valence-electron chi connectivity index (χ1n) is 5.38. The van der Waals surface area contributed by atoms with Crippen LogP contribution in [0.25, 0.3) is 16.6 Å². The summed E-state index contributed by atoms with van der Waals surface area (Å²) in [7, 11) is 0. The molecular formula is C13H11N3O. The van der Waals surface area contributed by atoms with Crippen LogP contribution < -0.4 is 5.73 Å². The summed E-state index contributed by atoms with van der Waals surface area (Å²) in [5.74, 6) is 0.662. The number of hydrogen-bond acceptors (Lipinski definition) is 3. The number of hydrogen-bond donors (Lipinski definition) is 2. The van der Waals surface area contributed by atoms with Crippen LogP contribution in [0.3, 0.4) is 0 Å². The van der Waals surface area contributed by atoms with Crippen LogP contribution in [0.15, 0.2) is 42.5 Å². The number of carbonyl (C=O) groups is 1. The van der Waals surface area contributed by atoms with E-state index in [4.69, 9.17) is 5.73 Å². The maximum Gasteiger partial charge on any atom is 0.176 e. The van der Waals surface area contributed by atoms with Crippen molar-refractivity contribution >= 4 is 22.4 Å². The Kier molecular flexibility index (Phi) is 2.16. The van der Waals surface area contributed by atoms with E-state index in [1.807, 2.05) is 24.3 Å². The number of carbonyl (C=O) groups excluding carboxylic acids is 1. The number of aromatic nitrogens is 2. The van der Waals surface area contributed by atoms with Crippen LogP contribution in [0.4, 0.5) is 0 Å². The van der Waals surface area contributed by atoms with Gasteiger partial charge in [-0.3, -0.25) is 4.79 Å². The molecule has 1 atom stereocenters. The molecule has 0 radical (unpaired) electrons. The summed E-state index contributed by atoms with van der Waals surface area (Å²) in [6, 6.07) is 7.22. The number of H-pyrrole nitrogens is 1. The van der Waals surface area contributed by atoms with Gasteiger partial charge in [0, 0.05) is 5.57 Å². The third-order valence-corrected chi connectivity index (χ3v) is 2.78. The number of imidazole rings is 1. The Bertz CT molecular complexity index is 618. The van der Waals surface area contributed by atoms with Crippen LogP contribution in [-0.4, -0.2) is 21.8 Å². The highest BCUT2D eigenvalue weighted by Crippen LogP contribution is 2.20. The standard InChI is InChI=1S/C13H11N3O/c14-9-7-8(5-6-12(9)17)13-15-10-3-1-2-4-11(10)16-13/h1-7,9H,14H2,(H,15,16). The van der Waals surface area contributed by atoms with Gasteiger partial charge < -0.3 is 10.7 Å². The smallest absolute Gasteiger partial charge is 0.176 e. The van der Waals surface area contributed by atoms with Crippen LogP contribution in [0.1, 0.15) is 5.82 Å². The fraction of sp³-hybridized carbons (Fsp3) is 0.0769. The average Bonchev–Trinajstić information content (AvgIpc) is 2.76. The molecule has 0 fully saturated rings. The zero-order valence-corrected chi connectivity index (χ0v) is 9.05. The molecule has 4 heteroatoms. The second kappa shape index (κ2) is 3.68. The molecule has 0 aliphatic heterocycles. The molecule has 17 heavy (non-hydrogen) atoms.